The molecule has 0 bridgehead atoms. The molecule has 2 N–H and O–H groups in total. The van der Waals surface area contributed by atoms with Crippen LogP contribution in [0.1, 0.15) is 45.1 Å². The van der Waals surface area contributed by atoms with Gasteiger partial charge in [0.2, 0.25) is 0 Å². The topological polar surface area (TPSA) is 89.6 Å². The van der Waals surface area contributed by atoms with Crippen LogP contribution in [0.2, 0.25) is 0 Å². The van der Waals surface area contributed by atoms with Crippen LogP contribution in [0.15, 0.2) is 65.0 Å². The normalized spacial score (nSPS) is 19.1. The van der Waals surface area contributed by atoms with E-state index < -0.39 is 5.92 Å². The molecule has 1 amide bonds. The summed E-state index contributed by atoms with van der Waals surface area (Å²) >= 11 is 1.41. The van der Waals surface area contributed by atoms with Crippen LogP contribution < -0.4 is 20.1 Å². The number of Topliss-reactive ketones (excluding diaryl/α,β-unsaturated/α-hetero) is 1. The van der Waals surface area contributed by atoms with Crippen molar-refractivity contribution in [3.05, 3.63) is 70.6 Å². The van der Waals surface area contributed by atoms with Gasteiger partial charge in [0.1, 0.15) is 11.5 Å². The van der Waals surface area contributed by atoms with E-state index >= 15 is 0 Å². The van der Waals surface area contributed by atoms with E-state index in [-0.39, 0.29) is 17.1 Å². The van der Waals surface area contributed by atoms with Crippen LogP contribution in [0.25, 0.3) is 10.2 Å². The summed E-state index contributed by atoms with van der Waals surface area (Å²) in [4.78, 5) is 32.0. The highest BCUT2D eigenvalue weighted by Crippen LogP contribution is 2.49. The number of nitrogens with zero attached hydrogens (tertiary/aromatic N) is 1. The number of aromatic nitrogens is 1. The minimum atomic E-state index is -0.607. The summed E-state index contributed by atoms with van der Waals surface area (Å²) in [6.45, 7) is 6.06. The molecule has 0 radical (unpaired) electrons. The molecule has 7 nitrogen and oxygen atoms in total. The lowest BCUT2D eigenvalue weighted by atomic mass is 9.68. The Labute approximate surface area is 214 Å². The first-order valence-corrected chi connectivity index (χ1v) is 12.7. The number of thiazole rings is 1. The Morgan fingerprint density at radius 2 is 1.92 bits per heavy atom. The second kappa shape index (κ2) is 9.09. The van der Waals surface area contributed by atoms with Gasteiger partial charge in [-0.3, -0.25) is 14.9 Å². The van der Waals surface area contributed by atoms with Crippen molar-refractivity contribution in [3.8, 4) is 11.5 Å². The number of ether oxygens (including phenoxy) is 2. The molecule has 0 unspecified atom stereocenters. The predicted molar refractivity (Wildman–Crippen MR) is 141 cm³/mol. The summed E-state index contributed by atoms with van der Waals surface area (Å²) in [5, 5.41) is 6.90. The van der Waals surface area contributed by atoms with Crippen LogP contribution in [-0.2, 0) is 9.59 Å². The van der Waals surface area contributed by atoms with Crippen molar-refractivity contribution in [2.24, 2.45) is 5.41 Å². The molecule has 1 aliphatic carbocycles. The van der Waals surface area contributed by atoms with E-state index in [1.807, 2.05) is 49.4 Å². The maximum atomic E-state index is 13.9. The summed E-state index contributed by atoms with van der Waals surface area (Å²) in [5.74, 6) is 0.327. The Morgan fingerprint density at radius 3 is 2.64 bits per heavy atom. The number of ketones is 1. The van der Waals surface area contributed by atoms with Gasteiger partial charge in [0.25, 0.3) is 5.91 Å². The predicted octanol–water partition coefficient (Wildman–Crippen LogP) is 5.56. The van der Waals surface area contributed by atoms with Gasteiger partial charge in [0, 0.05) is 34.5 Å². The first kappa shape index (κ1) is 24.1. The van der Waals surface area contributed by atoms with E-state index in [9.17, 15) is 9.59 Å². The number of benzene rings is 2. The number of amides is 1. The number of methoxy groups -OCH3 is 2. The Bertz CT molecular complexity index is 1420. The molecule has 1 aromatic heterocycles. The third kappa shape index (κ3) is 4.26. The maximum Gasteiger partial charge on any atom is 0.256 e. The first-order chi connectivity index (χ1) is 17.2. The lowest BCUT2D eigenvalue weighted by Crippen LogP contribution is -2.39. The number of nitrogens with one attached hydrogen (secondary N) is 2. The molecule has 2 aromatic carbocycles. The Kier molecular flexibility index (Phi) is 6.08. The third-order valence-corrected chi connectivity index (χ3v) is 7.70. The summed E-state index contributed by atoms with van der Waals surface area (Å²) in [6.07, 6.45) is 1.11. The molecule has 0 spiro atoms. The van der Waals surface area contributed by atoms with E-state index in [1.54, 1.807) is 14.2 Å². The second-order valence-corrected chi connectivity index (χ2v) is 11.0. The average Bonchev–Trinajstić information content (AvgIpc) is 3.24. The molecule has 0 saturated carbocycles. The number of para-hydroxylation sites is 1. The van der Waals surface area contributed by atoms with Crippen molar-refractivity contribution in [1.82, 2.24) is 10.3 Å². The Morgan fingerprint density at radius 1 is 1.14 bits per heavy atom. The van der Waals surface area contributed by atoms with Gasteiger partial charge in [-0.2, -0.15) is 0 Å². The molecule has 5 rings (SSSR count). The Balaban J connectivity index is 1.64. The molecule has 1 aliphatic heterocycles. The van der Waals surface area contributed by atoms with Crippen molar-refractivity contribution in [3.63, 3.8) is 0 Å². The quantitative estimate of drug-likeness (QED) is 0.474. The Hall–Kier alpha value is -3.65. The van der Waals surface area contributed by atoms with Gasteiger partial charge in [-0.15, -0.1) is 0 Å². The largest absolute Gasteiger partial charge is 0.497 e. The molecule has 186 valence electrons. The summed E-state index contributed by atoms with van der Waals surface area (Å²) in [7, 11) is 3.18. The van der Waals surface area contributed by atoms with Crippen LogP contribution in [-0.4, -0.2) is 30.9 Å². The molecular formula is C28H29N3O4S. The molecule has 2 aliphatic rings. The van der Waals surface area contributed by atoms with Crippen molar-refractivity contribution in [2.45, 2.75) is 39.5 Å². The second-order valence-electron chi connectivity index (χ2n) is 9.98. The maximum absolute atomic E-state index is 13.9. The van der Waals surface area contributed by atoms with E-state index in [1.165, 1.54) is 11.3 Å². The molecule has 3 aromatic rings. The fourth-order valence-corrected chi connectivity index (χ4v) is 6.06. The summed E-state index contributed by atoms with van der Waals surface area (Å²) in [5.41, 5.74) is 4.01. The molecule has 0 saturated heterocycles. The number of allylic oxidation sites excluding steroid dienone is 3. The van der Waals surface area contributed by atoms with E-state index in [0.29, 0.717) is 51.9 Å². The van der Waals surface area contributed by atoms with Gasteiger partial charge in [-0.05, 0) is 49.1 Å². The number of carbonyl (C=O) groups is 2. The number of rotatable bonds is 5. The van der Waals surface area contributed by atoms with Gasteiger partial charge in [0.15, 0.2) is 10.9 Å². The third-order valence-electron chi connectivity index (χ3n) is 6.75. The number of hydrogen-bond donors (Lipinski definition) is 2. The van der Waals surface area contributed by atoms with Crippen molar-refractivity contribution < 1.29 is 19.1 Å². The zero-order valence-corrected chi connectivity index (χ0v) is 21.8. The summed E-state index contributed by atoms with van der Waals surface area (Å²) < 4.78 is 12.2. The van der Waals surface area contributed by atoms with Gasteiger partial charge in [-0.1, -0.05) is 37.3 Å². The lowest BCUT2D eigenvalue weighted by molar-refractivity contribution is -0.118. The van der Waals surface area contributed by atoms with Gasteiger partial charge in [-0.25, -0.2) is 4.98 Å². The number of dihydropyridines is 1. The van der Waals surface area contributed by atoms with Crippen LogP contribution in [0.3, 0.4) is 0 Å². The monoisotopic (exact) mass is 503 g/mol. The number of fused-ring (bicyclic) bond motifs is 1. The molecule has 8 heteroatoms. The van der Waals surface area contributed by atoms with E-state index in [0.717, 1.165) is 15.9 Å². The summed E-state index contributed by atoms with van der Waals surface area (Å²) in [6, 6.07) is 13.2. The van der Waals surface area contributed by atoms with Crippen LogP contribution in [0.5, 0.6) is 11.5 Å². The molecule has 36 heavy (non-hydrogen) atoms. The molecular weight excluding hydrogens is 474 g/mol. The minimum Gasteiger partial charge on any atom is -0.497 e. The van der Waals surface area contributed by atoms with E-state index in [4.69, 9.17) is 9.47 Å². The zero-order chi connectivity index (χ0) is 25.6. The average molecular weight is 504 g/mol. The first-order valence-electron chi connectivity index (χ1n) is 11.8. The smallest absolute Gasteiger partial charge is 0.256 e. The van der Waals surface area contributed by atoms with Crippen molar-refractivity contribution in [2.75, 3.05) is 19.5 Å². The number of hydrogen-bond acceptors (Lipinski definition) is 7. The van der Waals surface area contributed by atoms with Crippen molar-refractivity contribution in [1.29, 1.82) is 0 Å². The van der Waals surface area contributed by atoms with Gasteiger partial charge < -0.3 is 14.8 Å². The van der Waals surface area contributed by atoms with Gasteiger partial charge >= 0.3 is 0 Å². The van der Waals surface area contributed by atoms with E-state index in [2.05, 4.69) is 29.5 Å². The van der Waals surface area contributed by atoms with Crippen LogP contribution in [0, 0.1) is 5.41 Å². The molecule has 2 heterocycles. The van der Waals surface area contributed by atoms with Crippen molar-refractivity contribution >= 4 is 38.4 Å². The zero-order valence-electron chi connectivity index (χ0n) is 21.0. The fourth-order valence-electron chi connectivity index (χ4n) is 5.20. The molecule has 0 fully saturated rings. The molecule has 1 atom stereocenters. The highest BCUT2D eigenvalue weighted by Gasteiger charge is 2.43. The number of carbonyl (C=O) groups excluding carboxylic acids is 2. The highest BCUT2D eigenvalue weighted by atomic mass is 32.1. The van der Waals surface area contributed by atoms with Gasteiger partial charge in [0.05, 0.1) is 30.4 Å². The highest BCUT2D eigenvalue weighted by molar-refractivity contribution is 7.22. The standard InChI is InChI=1S/C28H29N3O4S/c1-15-23(26(33)31-27-30-18-8-6-7-9-22(18)36-27)24(17-12-16(34-4)10-11-21(17)35-5)25-19(29-15)13-28(2,3)14-20(25)32/h6-12,24,29H,13-14H2,1-5H3,(H,30,31,33)/t24-/m1/s1. The SMILES string of the molecule is COc1ccc(OC)c([C@@H]2C(C(=O)Nc3nc4ccccc4s3)=C(C)NC3=C2C(=O)CC(C)(C)C3)c1. The lowest BCUT2D eigenvalue weighted by Gasteiger charge is -2.39. The van der Waals surface area contributed by atoms with Crippen LogP contribution >= 0.6 is 11.3 Å². The minimum absolute atomic E-state index is 0.0291. The van der Waals surface area contributed by atoms with Crippen LogP contribution in [0.4, 0.5) is 5.13 Å². The fraction of sp³-hybridized carbons (Fsp3) is 0.321. The number of anilines is 1.